The summed E-state index contributed by atoms with van der Waals surface area (Å²) in [5.74, 6) is 5.90. The SMILES string of the molecule is CC#CCCN1CCOCC1CO. The van der Waals surface area contributed by atoms with Gasteiger partial charge in [-0.05, 0) is 6.92 Å². The first-order chi connectivity index (χ1) is 6.38. The lowest BCUT2D eigenvalue weighted by Gasteiger charge is -2.33. The molecule has 0 aromatic rings. The fourth-order valence-corrected chi connectivity index (χ4v) is 1.48. The van der Waals surface area contributed by atoms with E-state index in [2.05, 4.69) is 16.7 Å². The molecule has 1 fully saturated rings. The molecule has 1 aliphatic rings. The minimum Gasteiger partial charge on any atom is -0.395 e. The molecule has 1 heterocycles. The third-order valence-corrected chi connectivity index (χ3v) is 2.26. The molecule has 13 heavy (non-hydrogen) atoms. The molecule has 74 valence electrons. The van der Waals surface area contributed by atoms with Crippen LogP contribution in [0.4, 0.5) is 0 Å². The van der Waals surface area contributed by atoms with Gasteiger partial charge in [0, 0.05) is 19.5 Å². The zero-order valence-corrected chi connectivity index (χ0v) is 8.12. The molecule has 3 nitrogen and oxygen atoms in total. The van der Waals surface area contributed by atoms with Crippen molar-refractivity contribution < 1.29 is 9.84 Å². The summed E-state index contributed by atoms with van der Waals surface area (Å²) in [4.78, 5) is 2.24. The third kappa shape index (κ3) is 3.35. The molecule has 0 aromatic carbocycles. The van der Waals surface area contributed by atoms with Crippen molar-refractivity contribution in [3.63, 3.8) is 0 Å². The van der Waals surface area contributed by atoms with Crippen molar-refractivity contribution in [3.8, 4) is 11.8 Å². The van der Waals surface area contributed by atoms with E-state index in [0.717, 1.165) is 26.1 Å². The first-order valence-corrected chi connectivity index (χ1v) is 4.70. The van der Waals surface area contributed by atoms with Crippen LogP contribution in [0.25, 0.3) is 0 Å². The van der Waals surface area contributed by atoms with Crippen LogP contribution in [0.1, 0.15) is 13.3 Å². The summed E-state index contributed by atoms with van der Waals surface area (Å²) in [6.07, 6.45) is 0.882. The van der Waals surface area contributed by atoms with Crippen molar-refractivity contribution in [2.24, 2.45) is 0 Å². The Morgan fingerprint density at radius 2 is 2.46 bits per heavy atom. The van der Waals surface area contributed by atoms with E-state index in [0.29, 0.717) is 6.61 Å². The predicted octanol–water partition coefficient (Wildman–Crippen LogP) is 0.0929. The van der Waals surface area contributed by atoms with E-state index in [1.807, 2.05) is 6.92 Å². The van der Waals surface area contributed by atoms with E-state index in [1.54, 1.807) is 0 Å². The van der Waals surface area contributed by atoms with Gasteiger partial charge in [0.2, 0.25) is 0 Å². The van der Waals surface area contributed by atoms with Gasteiger partial charge < -0.3 is 9.84 Å². The Labute approximate surface area is 79.7 Å². The Kier molecular flexibility index (Phi) is 4.84. The van der Waals surface area contributed by atoms with Gasteiger partial charge in [-0.1, -0.05) is 0 Å². The van der Waals surface area contributed by atoms with E-state index in [-0.39, 0.29) is 12.6 Å². The van der Waals surface area contributed by atoms with Crippen LogP contribution in [0.5, 0.6) is 0 Å². The summed E-state index contributed by atoms with van der Waals surface area (Å²) < 4.78 is 5.27. The first kappa shape index (κ1) is 10.5. The maximum atomic E-state index is 9.06. The highest BCUT2D eigenvalue weighted by Crippen LogP contribution is 2.06. The normalized spacial score (nSPS) is 23.7. The average Bonchev–Trinajstić information content (AvgIpc) is 2.19. The molecule has 0 aromatic heterocycles. The topological polar surface area (TPSA) is 32.7 Å². The summed E-state index contributed by atoms with van der Waals surface area (Å²) in [5.41, 5.74) is 0. The molecular weight excluding hydrogens is 166 g/mol. The van der Waals surface area contributed by atoms with Crippen LogP contribution in [0.2, 0.25) is 0 Å². The summed E-state index contributed by atoms with van der Waals surface area (Å²) in [5, 5.41) is 9.06. The van der Waals surface area contributed by atoms with Crippen LogP contribution >= 0.6 is 0 Å². The highest BCUT2D eigenvalue weighted by Gasteiger charge is 2.20. The fourth-order valence-electron chi connectivity index (χ4n) is 1.48. The molecule has 1 saturated heterocycles. The summed E-state index contributed by atoms with van der Waals surface area (Å²) in [6.45, 7) is 5.31. The second-order valence-electron chi connectivity index (χ2n) is 3.12. The van der Waals surface area contributed by atoms with E-state index >= 15 is 0 Å². The van der Waals surface area contributed by atoms with E-state index in [4.69, 9.17) is 9.84 Å². The number of aliphatic hydroxyl groups excluding tert-OH is 1. The second-order valence-corrected chi connectivity index (χ2v) is 3.12. The lowest BCUT2D eigenvalue weighted by atomic mass is 10.2. The van der Waals surface area contributed by atoms with Gasteiger partial charge in [0.15, 0.2) is 0 Å². The Bertz CT molecular complexity index is 195. The second kappa shape index (κ2) is 5.98. The van der Waals surface area contributed by atoms with Gasteiger partial charge >= 0.3 is 0 Å². The van der Waals surface area contributed by atoms with E-state index < -0.39 is 0 Å². The fraction of sp³-hybridized carbons (Fsp3) is 0.800. The minimum absolute atomic E-state index is 0.174. The molecule has 1 unspecified atom stereocenters. The van der Waals surface area contributed by atoms with Crippen molar-refractivity contribution in [1.29, 1.82) is 0 Å². The molecule has 0 saturated carbocycles. The molecule has 1 atom stereocenters. The Balaban J connectivity index is 2.30. The maximum Gasteiger partial charge on any atom is 0.0644 e. The number of nitrogens with zero attached hydrogens (tertiary/aromatic N) is 1. The van der Waals surface area contributed by atoms with Gasteiger partial charge in [0.1, 0.15) is 0 Å². The largest absolute Gasteiger partial charge is 0.395 e. The lowest BCUT2D eigenvalue weighted by Crippen LogP contribution is -2.47. The monoisotopic (exact) mass is 183 g/mol. The van der Waals surface area contributed by atoms with Crippen molar-refractivity contribution in [3.05, 3.63) is 0 Å². The number of aliphatic hydroxyl groups is 1. The molecule has 0 aliphatic carbocycles. The number of morpholine rings is 1. The lowest BCUT2D eigenvalue weighted by molar-refractivity contribution is -0.0262. The Morgan fingerprint density at radius 3 is 3.15 bits per heavy atom. The van der Waals surface area contributed by atoms with Crippen LogP contribution in [0.15, 0.2) is 0 Å². The molecule has 1 aliphatic heterocycles. The van der Waals surface area contributed by atoms with Crippen LogP contribution in [0.3, 0.4) is 0 Å². The Hall–Kier alpha value is -0.560. The van der Waals surface area contributed by atoms with Crippen LogP contribution < -0.4 is 0 Å². The third-order valence-electron chi connectivity index (χ3n) is 2.26. The first-order valence-electron chi connectivity index (χ1n) is 4.70. The molecule has 1 rings (SSSR count). The number of ether oxygens (including phenoxy) is 1. The predicted molar refractivity (Wildman–Crippen MR) is 51.3 cm³/mol. The average molecular weight is 183 g/mol. The number of rotatable bonds is 3. The van der Waals surface area contributed by atoms with Crippen LogP contribution in [-0.2, 0) is 4.74 Å². The Morgan fingerprint density at radius 1 is 1.62 bits per heavy atom. The number of hydrogen-bond donors (Lipinski definition) is 1. The molecule has 0 radical (unpaired) electrons. The van der Waals surface area contributed by atoms with Crippen LogP contribution in [0, 0.1) is 11.8 Å². The van der Waals surface area contributed by atoms with Gasteiger partial charge in [-0.2, -0.15) is 0 Å². The zero-order chi connectivity index (χ0) is 9.52. The van der Waals surface area contributed by atoms with Crippen LogP contribution in [-0.4, -0.2) is 49.0 Å². The van der Waals surface area contributed by atoms with Gasteiger partial charge in [0.05, 0.1) is 25.9 Å². The quantitative estimate of drug-likeness (QED) is 0.630. The van der Waals surface area contributed by atoms with Crippen molar-refractivity contribution >= 4 is 0 Å². The van der Waals surface area contributed by atoms with Crippen molar-refractivity contribution in [2.75, 3.05) is 32.9 Å². The van der Waals surface area contributed by atoms with Gasteiger partial charge in [-0.15, -0.1) is 11.8 Å². The van der Waals surface area contributed by atoms with E-state index in [1.165, 1.54) is 0 Å². The molecule has 0 bridgehead atoms. The molecule has 0 spiro atoms. The zero-order valence-electron chi connectivity index (χ0n) is 8.12. The number of hydrogen-bond acceptors (Lipinski definition) is 3. The molecule has 3 heteroatoms. The summed E-state index contributed by atoms with van der Waals surface area (Å²) in [7, 11) is 0. The standard InChI is InChI=1S/C10H17NO2/c1-2-3-4-5-11-6-7-13-9-10(11)8-12/h10,12H,4-9H2,1H3. The van der Waals surface area contributed by atoms with Gasteiger partial charge in [-0.3, -0.25) is 4.90 Å². The van der Waals surface area contributed by atoms with Crippen molar-refractivity contribution in [2.45, 2.75) is 19.4 Å². The summed E-state index contributed by atoms with van der Waals surface area (Å²) in [6, 6.07) is 0.174. The maximum absolute atomic E-state index is 9.06. The smallest absolute Gasteiger partial charge is 0.0644 e. The minimum atomic E-state index is 0.174. The molecule has 1 N–H and O–H groups in total. The van der Waals surface area contributed by atoms with Gasteiger partial charge in [-0.25, -0.2) is 0 Å². The van der Waals surface area contributed by atoms with Crippen molar-refractivity contribution in [1.82, 2.24) is 4.90 Å². The molecule has 0 amide bonds. The van der Waals surface area contributed by atoms with Gasteiger partial charge in [0.25, 0.3) is 0 Å². The molecular formula is C10H17NO2. The summed E-state index contributed by atoms with van der Waals surface area (Å²) >= 11 is 0. The highest BCUT2D eigenvalue weighted by atomic mass is 16.5. The highest BCUT2D eigenvalue weighted by molar-refractivity contribution is 4.95. The van der Waals surface area contributed by atoms with E-state index in [9.17, 15) is 0 Å².